The highest BCUT2D eigenvalue weighted by Gasteiger charge is 2.53. The van der Waals surface area contributed by atoms with Gasteiger partial charge in [0.1, 0.15) is 0 Å². The Kier molecular flexibility index (Phi) is 6.56. The Morgan fingerprint density at radius 2 is 1.68 bits per heavy atom. The predicted molar refractivity (Wildman–Crippen MR) is 143 cm³/mol. The molecule has 200 valence electrons. The van der Waals surface area contributed by atoms with Gasteiger partial charge in [-0.15, -0.1) is 0 Å². The molecule has 37 heavy (non-hydrogen) atoms. The number of carbonyl (C=O) groups is 2. The normalized spacial score (nSPS) is 33.9. The molecule has 0 aromatic heterocycles. The fraction of sp³-hybridized carbons (Fsp3) is 0.667. The molecule has 1 atom stereocenters. The second-order valence-electron chi connectivity index (χ2n) is 12.4. The summed E-state index contributed by atoms with van der Waals surface area (Å²) in [5.41, 5.74) is 4.73. The number of rotatable bonds is 6. The van der Waals surface area contributed by atoms with Crippen molar-refractivity contribution in [3.8, 4) is 0 Å². The molecule has 5 fully saturated rings. The number of carbonyl (C=O) groups excluding carboxylic acids is 2. The summed E-state index contributed by atoms with van der Waals surface area (Å²) >= 11 is 0. The topological polar surface area (TPSA) is 73.9 Å². The van der Waals surface area contributed by atoms with Gasteiger partial charge in [-0.25, -0.2) is 9.59 Å². The third-order valence-corrected chi connectivity index (χ3v) is 9.83. The SMILES string of the molecule is CCOC(=O)C1=C(CN2CCN(C34CC5CC(CC(C5)C3)C4)CC2)NC(=O)NC1c1cc(C)ccc1C. The standard InChI is InChI=1S/C30H42N4O3/c1-4-37-28(35)26-25(31-29(36)32-27(26)24-11-19(2)5-6-20(24)3)18-33-7-9-34(10-8-33)30-15-21-12-22(16-30)14-23(13-21)17-30/h5-6,11,21-23,27H,4,7-10,12-18H2,1-3H3,(H2,31,32,36). The first-order valence-corrected chi connectivity index (χ1v) is 14.4. The van der Waals surface area contributed by atoms with Crippen LogP contribution in [-0.4, -0.2) is 66.7 Å². The zero-order chi connectivity index (χ0) is 25.7. The van der Waals surface area contributed by atoms with Gasteiger partial charge >= 0.3 is 12.0 Å². The quantitative estimate of drug-likeness (QED) is 0.570. The first kappa shape index (κ1) is 24.9. The van der Waals surface area contributed by atoms with Crippen molar-refractivity contribution < 1.29 is 14.3 Å². The number of aryl methyl sites for hydroxylation is 2. The summed E-state index contributed by atoms with van der Waals surface area (Å²) in [5, 5.41) is 5.98. The molecule has 0 radical (unpaired) electrons. The fourth-order valence-electron chi connectivity index (χ4n) is 8.55. The van der Waals surface area contributed by atoms with Crippen LogP contribution in [-0.2, 0) is 9.53 Å². The Hall–Kier alpha value is -2.38. The highest BCUT2D eigenvalue weighted by molar-refractivity contribution is 5.95. The third kappa shape index (κ3) is 4.69. The second kappa shape index (κ2) is 9.73. The molecule has 1 unspecified atom stereocenters. The van der Waals surface area contributed by atoms with Crippen molar-refractivity contribution in [2.75, 3.05) is 39.3 Å². The van der Waals surface area contributed by atoms with E-state index < -0.39 is 6.04 Å². The lowest BCUT2D eigenvalue weighted by molar-refractivity contribution is -0.139. The summed E-state index contributed by atoms with van der Waals surface area (Å²) in [6, 6.07) is 5.38. The number of hydrogen-bond donors (Lipinski definition) is 2. The number of ether oxygens (including phenoxy) is 1. The first-order valence-electron chi connectivity index (χ1n) is 14.4. The highest BCUT2D eigenvalue weighted by Crippen LogP contribution is 2.57. The van der Waals surface area contributed by atoms with Crippen molar-refractivity contribution in [2.24, 2.45) is 17.8 Å². The summed E-state index contributed by atoms with van der Waals surface area (Å²) < 4.78 is 5.50. The van der Waals surface area contributed by atoms with E-state index in [1.807, 2.05) is 26.8 Å². The van der Waals surface area contributed by atoms with E-state index in [-0.39, 0.29) is 12.0 Å². The second-order valence-corrected chi connectivity index (χ2v) is 12.4. The van der Waals surface area contributed by atoms with Crippen LogP contribution in [0.3, 0.4) is 0 Å². The van der Waals surface area contributed by atoms with Crippen LogP contribution >= 0.6 is 0 Å². The van der Waals surface area contributed by atoms with Crippen molar-refractivity contribution >= 4 is 12.0 Å². The van der Waals surface area contributed by atoms with Gasteiger partial charge in [-0.2, -0.15) is 0 Å². The third-order valence-electron chi connectivity index (χ3n) is 9.83. The summed E-state index contributed by atoms with van der Waals surface area (Å²) in [4.78, 5) is 31.3. The molecule has 1 saturated heterocycles. The van der Waals surface area contributed by atoms with Crippen molar-refractivity contribution in [3.63, 3.8) is 0 Å². The van der Waals surface area contributed by atoms with Crippen LogP contribution in [0.5, 0.6) is 0 Å². The maximum atomic E-state index is 13.3. The number of nitrogens with one attached hydrogen (secondary N) is 2. The number of hydrogen-bond acceptors (Lipinski definition) is 5. The minimum absolute atomic E-state index is 0.263. The van der Waals surface area contributed by atoms with Crippen molar-refractivity contribution in [3.05, 3.63) is 46.2 Å². The summed E-state index contributed by atoms with van der Waals surface area (Å²) in [6.45, 7) is 10.8. The number of piperazine rings is 1. The Morgan fingerprint density at radius 3 is 2.30 bits per heavy atom. The molecule has 7 heteroatoms. The maximum Gasteiger partial charge on any atom is 0.338 e. The van der Waals surface area contributed by atoms with Crippen LogP contribution in [0.2, 0.25) is 0 Å². The van der Waals surface area contributed by atoms with Gasteiger partial charge in [0.25, 0.3) is 0 Å². The van der Waals surface area contributed by atoms with E-state index in [1.54, 1.807) is 0 Å². The molecule has 2 aliphatic heterocycles. The van der Waals surface area contributed by atoms with Gasteiger partial charge in [-0.3, -0.25) is 9.80 Å². The van der Waals surface area contributed by atoms with E-state index in [2.05, 4.69) is 32.6 Å². The number of urea groups is 1. The Morgan fingerprint density at radius 1 is 1.03 bits per heavy atom. The largest absolute Gasteiger partial charge is 0.463 e. The van der Waals surface area contributed by atoms with Crippen LogP contribution in [0.4, 0.5) is 4.79 Å². The lowest BCUT2D eigenvalue weighted by Gasteiger charge is -2.61. The maximum absolute atomic E-state index is 13.3. The van der Waals surface area contributed by atoms with Gasteiger partial charge in [0, 0.05) is 44.0 Å². The highest BCUT2D eigenvalue weighted by atomic mass is 16.5. The van der Waals surface area contributed by atoms with Crippen LogP contribution in [0.1, 0.15) is 68.2 Å². The summed E-state index contributed by atoms with van der Waals surface area (Å²) in [5.74, 6) is 2.50. The predicted octanol–water partition coefficient (Wildman–Crippen LogP) is 4.06. The zero-order valence-corrected chi connectivity index (χ0v) is 22.6. The Bertz CT molecular complexity index is 1070. The average Bonchev–Trinajstić information content (AvgIpc) is 2.85. The van der Waals surface area contributed by atoms with Crippen LogP contribution in [0, 0.1) is 31.6 Å². The molecule has 0 spiro atoms. The van der Waals surface area contributed by atoms with E-state index in [1.165, 1.54) is 38.5 Å². The number of amides is 2. The van der Waals surface area contributed by atoms with Crippen molar-refractivity contribution in [1.29, 1.82) is 0 Å². The molecule has 2 heterocycles. The smallest absolute Gasteiger partial charge is 0.338 e. The van der Waals surface area contributed by atoms with E-state index >= 15 is 0 Å². The van der Waals surface area contributed by atoms with E-state index in [0.717, 1.165) is 60.6 Å². The number of nitrogens with zero attached hydrogens (tertiary/aromatic N) is 2. The first-order chi connectivity index (χ1) is 17.8. The van der Waals surface area contributed by atoms with Crippen LogP contribution in [0.15, 0.2) is 29.5 Å². The molecule has 7 rings (SSSR count). The molecule has 1 aromatic rings. The van der Waals surface area contributed by atoms with Gasteiger partial charge in [-0.1, -0.05) is 23.8 Å². The van der Waals surface area contributed by atoms with E-state index in [4.69, 9.17) is 4.74 Å². The number of esters is 1. The monoisotopic (exact) mass is 506 g/mol. The van der Waals surface area contributed by atoms with Gasteiger partial charge in [-0.05, 0) is 88.2 Å². The van der Waals surface area contributed by atoms with Gasteiger partial charge < -0.3 is 15.4 Å². The van der Waals surface area contributed by atoms with Gasteiger partial charge in [0.2, 0.25) is 0 Å². The molecule has 2 amide bonds. The van der Waals surface area contributed by atoms with Crippen LogP contribution in [0.25, 0.3) is 0 Å². The molecular weight excluding hydrogens is 464 g/mol. The number of benzene rings is 1. The Labute approximate surface area is 221 Å². The molecule has 4 saturated carbocycles. The van der Waals surface area contributed by atoms with Crippen LogP contribution < -0.4 is 10.6 Å². The molecule has 2 N–H and O–H groups in total. The van der Waals surface area contributed by atoms with E-state index in [0.29, 0.717) is 30.0 Å². The summed E-state index contributed by atoms with van der Waals surface area (Å²) in [6.07, 6.45) is 8.61. The summed E-state index contributed by atoms with van der Waals surface area (Å²) in [7, 11) is 0. The molecule has 4 bridgehead atoms. The Balaban J connectivity index is 1.21. The minimum Gasteiger partial charge on any atom is -0.463 e. The molecule has 7 nitrogen and oxygen atoms in total. The van der Waals surface area contributed by atoms with Gasteiger partial charge in [0.15, 0.2) is 0 Å². The average molecular weight is 507 g/mol. The molecular formula is C30H42N4O3. The zero-order valence-electron chi connectivity index (χ0n) is 22.6. The fourth-order valence-corrected chi connectivity index (χ4v) is 8.55. The van der Waals surface area contributed by atoms with E-state index in [9.17, 15) is 9.59 Å². The van der Waals surface area contributed by atoms with Crippen molar-refractivity contribution in [2.45, 2.75) is 70.9 Å². The molecule has 4 aliphatic carbocycles. The molecule has 6 aliphatic rings. The molecule has 1 aromatic carbocycles. The van der Waals surface area contributed by atoms with Crippen molar-refractivity contribution in [1.82, 2.24) is 20.4 Å². The lowest BCUT2D eigenvalue weighted by Crippen LogP contribution is -2.64. The lowest BCUT2D eigenvalue weighted by atomic mass is 9.52. The minimum atomic E-state index is -0.518. The van der Waals surface area contributed by atoms with Gasteiger partial charge in [0.05, 0.1) is 18.2 Å².